The monoisotopic (exact) mass is 379 g/mol. The first kappa shape index (κ1) is 18.1. The molecule has 2 heterocycles. The van der Waals surface area contributed by atoms with Crippen LogP contribution in [0, 0.1) is 13.8 Å². The van der Waals surface area contributed by atoms with Crippen LogP contribution >= 0.6 is 23.4 Å². The lowest BCUT2D eigenvalue weighted by Gasteiger charge is -2.36. The second kappa shape index (κ2) is 8.15. The van der Waals surface area contributed by atoms with E-state index in [1.54, 1.807) is 11.8 Å². The fourth-order valence-electron chi connectivity index (χ4n) is 2.94. The zero-order valence-electron chi connectivity index (χ0n) is 14.5. The van der Waals surface area contributed by atoms with Crippen LogP contribution in [0.1, 0.15) is 17.0 Å². The predicted molar refractivity (Wildman–Crippen MR) is 102 cm³/mol. The molecule has 0 unspecified atom stereocenters. The molecular weight excluding hydrogens is 358 g/mol. The van der Waals surface area contributed by atoms with Crippen LogP contribution in [0.4, 0.5) is 5.69 Å². The van der Waals surface area contributed by atoms with E-state index in [1.807, 2.05) is 43.0 Å². The number of amides is 1. The number of thioether (sulfide) groups is 1. The van der Waals surface area contributed by atoms with Crippen molar-refractivity contribution in [3.05, 3.63) is 46.3 Å². The topological polar surface area (TPSA) is 49.6 Å². The van der Waals surface area contributed by atoms with Crippen molar-refractivity contribution in [1.82, 2.24) is 10.1 Å². The van der Waals surface area contributed by atoms with Gasteiger partial charge >= 0.3 is 0 Å². The highest BCUT2D eigenvalue weighted by Crippen LogP contribution is 2.26. The van der Waals surface area contributed by atoms with Crippen molar-refractivity contribution in [1.29, 1.82) is 0 Å². The molecule has 1 amide bonds. The van der Waals surface area contributed by atoms with E-state index in [-0.39, 0.29) is 5.91 Å². The molecule has 0 bridgehead atoms. The maximum absolute atomic E-state index is 12.4. The van der Waals surface area contributed by atoms with Crippen LogP contribution < -0.4 is 4.90 Å². The molecule has 1 aromatic carbocycles. The Morgan fingerprint density at radius 2 is 1.96 bits per heavy atom. The summed E-state index contributed by atoms with van der Waals surface area (Å²) >= 11 is 7.88. The number of halogens is 1. The molecule has 1 saturated heterocycles. The summed E-state index contributed by atoms with van der Waals surface area (Å²) in [5, 5.41) is 4.71. The Hall–Kier alpha value is -1.66. The molecular formula is C18H22ClN3O2S. The van der Waals surface area contributed by atoms with Gasteiger partial charge in [0.25, 0.3) is 0 Å². The van der Waals surface area contributed by atoms with Crippen LogP contribution in [0.3, 0.4) is 0 Å². The Bertz CT molecular complexity index is 722. The highest BCUT2D eigenvalue weighted by molar-refractivity contribution is 7.99. The lowest BCUT2D eigenvalue weighted by Crippen LogP contribution is -2.49. The number of hydrogen-bond donors (Lipinski definition) is 0. The number of nitrogens with zero attached hydrogens (tertiary/aromatic N) is 3. The van der Waals surface area contributed by atoms with Gasteiger partial charge in [0.05, 0.1) is 22.2 Å². The van der Waals surface area contributed by atoms with Gasteiger partial charge in [-0.3, -0.25) is 4.79 Å². The molecule has 7 heteroatoms. The van der Waals surface area contributed by atoms with Crippen molar-refractivity contribution in [3.8, 4) is 0 Å². The Morgan fingerprint density at radius 1 is 1.24 bits per heavy atom. The molecule has 1 aromatic heterocycles. The maximum atomic E-state index is 12.4. The van der Waals surface area contributed by atoms with Crippen LogP contribution in [0.2, 0.25) is 5.02 Å². The molecule has 0 atom stereocenters. The Morgan fingerprint density at radius 3 is 2.60 bits per heavy atom. The number of benzene rings is 1. The minimum Gasteiger partial charge on any atom is -0.367 e. The van der Waals surface area contributed by atoms with Crippen LogP contribution in [0.25, 0.3) is 0 Å². The van der Waals surface area contributed by atoms with E-state index in [0.29, 0.717) is 5.75 Å². The third-order valence-electron chi connectivity index (χ3n) is 4.48. The Balaban J connectivity index is 1.46. The second-order valence-electron chi connectivity index (χ2n) is 6.11. The van der Waals surface area contributed by atoms with Gasteiger partial charge in [-0.15, -0.1) is 11.8 Å². The van der Waals surface area contributed by atoms with Crippen molar-refractivity contribution in [2.45, 2.75) is 19.6 Å². The summed E-state index contributed by atoms with van der Waals surface area (Å²) in [7, 11) is 0. The number of aryl methyl sites for hydroxylation is 2. The van der Waals surface area contributed by atoms with E-state index < -0.39 is 0 Å². The summed E-state index contributed by atoms with van der Waals surface area (Å²) in [6.45, 7) is 6.92. The number of carbonyl (C=O) groups excluding carboxylic acids is 1. The van der Waals surface area contributed by atoms with Gasteiger partial charge in [-0.2, -0.15) is 0 Å². The number of rotatable bonds is 5. The summed E-state index contributed by atoms with van der Waals surface area (Å²) in [4.78, 5) is 16.6. The molecule has 1 aliphatic heterocycles. The van der Waals surface area contributed by atoms with E-state index >= 15 is 0 Å². The van der Waals surface area contributed by atoms with Crippen LogP contribution in [0.15, 0.2) is 28.8 Å². The zero-order chi connectivity index (χ0) is 17.8. The molecule has 0 N–H and O–H groups in total. The van der Waals surface area contributed by atoms with E-state index in [9.17, 15) is 4.79 Å². The Labute approximate surface area is 157 Å². The van der Waals surface area contributed by atoms with Crippen molar-refractivity contribution in [2.75, 3.05) is 36.8 Å². The number of carbonyl (C=O) groups is 1. The van der Waals surface area contributed by atoms with Gasteiger partial charge in [0.2, 0.25) is 5.91 Å². The van der Waals surface area contributed by atoms with Gasteiger partial charge in [-0.1, -0.05) is 28.9 Å². The van der Waals surface area contributed by atoms with E-state index in [4.69, 9.17) is 16.1 Å². The number of piperazine rings is 1. The van der Waals surface area contributed by atoms with E-state index in [1.165, 1.54) is 0 Å². The molecule has 134 valence electrons. The molecule has 0 radical (unpaired) electrons. The van der Waals surface area contributed by atoms with Crippen LogP contribution in [-0.2, 0) is 10.5 Å². The van der Waals surface area contributed by atoms with Gasteiger partial charge in [-0.05, 0) is 26.0 Å². The molecule has 25 heavy (non-hydrogen) atoms. The third-order valence-corrected chi connectivity index (χ3v) is 5.74. The predicted octanol–water partition coefficient (Wildman–Crippen LogP) is 3.53. The molecule has 0 aliphatic carbocycles. The first-order chi connectivity index (χ1) is 12.1. The van der Waals surface area contributed by atoms with Crippen molar-refractivity contribution >= 4 is 35.0 Å². The summed E-state index contributed by atoms with van der Waals surface area (Å²) in [6.07, 6.45) is 0. The van der Waals surface area contributed by atoms with Gasteiger partial charge in [0.1, 0.15) is 5.76 Å². The highest BCUT2D eigenvalue weighted by Gasteiger charge is 2.22. The quantitative estimate of drug-likeness (QED) is 0.795. The molecule has 0 saturated carbocycles. The van der Waals surface area contributed by atoms with Crippen LogP contribution in [-0.4, -0.2) is 47.9 Å². The zero-order valence-corrected chi connectivity index (χ0v) is 16.1. The molecule has 3 rings (SSSR count). The van der Waals surface area contributed by atoms with E-state index in [2.05, 4.69) is 10.1 Å². The summed E-state index contributed by atoms with van der Waals surface area (Å²) in [5.41, 5.74) is 3.05. The molecule has 2 aromatic rings. The molecule has 1 aliphatic rings. The number of anilines is 1. The lowest BCUT2D eigenvalue weighted by molar-refractivity contribution is -0.128. The van der Waals surface area contributed by atoms with Gasteiger partial charge in [0.15, 0.2) is 0 Å². The third kappa shape index (κ3) is 4.30. The first-order valence-electron chi connectivity index (χ1n) is 8.33. The van der Waals surface area contributed by atoms with Crippen molar-refractivity contribution < 1.29 is 9.32 Å². The minimum absolute atomic E-state index is 0.190. The van der Waals surface area contributed by atoms with Gasteiger partial charge in [0, 0.05) is 37.5 Å². The molecule has 0 spiro atoms. The molecule has 5 nitrogen and oxygen atoms in total. The minimum atomic E-state index is 0.190. The normalized spacial score (nSPS) is 14.8. The largest absolute Gasteiger partial charge is 0.367 e. The van der Waals surface area contributed by atoms with Crippen LogP contribution in [0.5, 0.6) is 0 Å². The fourth-order valence-corrected chi connectivity index (χ4v) is 4.28. The van der Waals surface area contributed by atoms with E-state index in [0.717, 1.165) is 59.7 Å². The number of aromatic nitrogens is 1. The summed E-state index contributed by atoms with van der Waals surface area (Å²) < 4.78 is 5.16. The average Bonchev–Trinajstić information content (AvgIpc) is 2.94. The van der Waals surface area contributed by atoms with Gasteiger partial charge in [-0.25, -0.2) is 0 Å². The SMILES string of the molecule is Cc1noc(C)c1CSCC(=O)N1CCN(c2ccccc2Cl)CC1. The van der Waals surface area contributed by atoms with Gasteiger partial charge < -0.3 is 14.3 Å². The maximum Gasteiger partial charge on any atom is 0.232 e. The van der Waals surface area contributed by atoms with Crippen molar-refractivity contribution in [2.24, 2.45) is 0 Å². The number of para-hydroxylation sites is 1. The number of hydrogen-bond acceptors (Lipinski definition) is 5. The standard InChI is InChI=1S/C18H22ClN3O2S/c1-13-15(14(2)24-20-13)11-25-12-18(23)22-9-7-21(8-10-22)17-6-4-3-5-16(17)19/h3-6H,7-12H2,1-2H3. The Kier molecular flexibility index (Phi) is 5.91. The average molecular weight is 380 g/mol. The smallest absolute Gasteiger partial charge is 0.232 e. The highest BCUT2D eigenvalue weighted by atomic mass is 35.5. The summed E-state index contributed by atoms with van der Waals surface area (Å²) in [6, 6.07) is 7.85. The lowest BCUT2D eigenvalue weighted by atomic mass is 10.2. The molecule has 1 fully saturated rings. The van der Waals surface area contributed by atoms with Crippen molar-refractivity contribution in [3.63, 3.8) is 0 Å². The summed E-state index contributed by atoms with van der Waals surface area (Å²) in [5.74, 6) is 2.27. The first-order valence-corrected chi connectivity index (χ1v) is 9.86. The fraction of sp³-hybridized carbons (Fsp3) is 0.444. The second-order valence-corrected chi connectivity index (χ2v) is 7.51.